The van der Waals surface area contributed by atoms with Gasteiger partial charge in [0, 0.05) is 7.11 Å². The Kier molecular flexibility index (Phi) is 4.10. The number of halogens is 6. The van der Waals surface area contributed by atoms with E-state index in [2.05, 4.69) is 9.47 Å². The van der Waals surface area contributed by atoms with Crippen molar-refractivity contribution in [2.45, 2.75) is 12.4 Å². The van der Waals surface area contributed by atoms with Gasteiger partial charge in [0.05, 0.1) is 11.1 Å². The molecule has 0 fully saturated rings. The van der Waals surface area contributed by atoms with Gasteiger partial charge in [-0.25, -0.2) is 0 Å². The maximum absolute atomic E-state index is 12.4. The maximum atomic E-state index is 12.4. The summed E-state index contributed by atoms with van der Waals surface area (Å²) in [4.78, 5) is 0. The third-order valence-electron chi connectivity index (χ3n) is 1.90. The molecule has 0 unspecified atom stereocenters. The molecule has 0 heterocycles. The van der Waals surface area contributed by atoms with Crippen LogP contribution >= 0.6 is 0 Å². The van der Waals surface area contributed by atoms with Crippen molar-refractivity contribution in [3.05, 3.63) is 29.3 Å². The lowest BCUT2D eigenvalue weighted by Gasteiger charge is -2.14. The highest BCUT2D eigenvalue weighted by molar-refractivity contribution is 5.37. The standard InChI is InChI=1S/C10H8F6O2/c1-17-5-18-8-3-6(9(11,12)13)2-7(4-8)10(14,15)16/h2-4H,5H2,1H3. The van der Waals surface area contributed by atoms with E-state index in [-0.39, 0.29) is 6.07 Å². The topological polar surface area (TPSA) is 18.5 Å². The molecule has 0 N–H and O–H groups in total. The Morgan fingerprint density at radius 2 is 1.33 bits per heavy atom. The highest BCUT2D eigenvalue weighted by atomic mass is 19.4. The number of rotatable bonds is 3. The second-order valence-electron chi connectivity index (χ2n) is 3.29. The number of hydrogen-bond acceptors (Lipinski definition) is 2. The third-order valence-corrected chi connectivity index (χ3v) is 1.90. The second kappa shape index (κ2) is 5.05. The van der Waals surface area contributed by atoms with Crippen LogP contribution in [0, 0.1) is 0 Å². The molecule has 0 spiro atoms. The average Bonchev–Trinajstić information content (AvgIpc) is 2.23. The van der Waals surface area contributed by atoms with Crippen LogP contribution in [0.5, 0.6) is 5.75 Å². The van der Waals surface area contributed by atoms with Gasteiger partial charge in [0.1, 0.15) is 5.75 Å². The molecular weight excluding hydrogens is 266 g/mol. The summed E-state index contributed by atoms with van der Waals surface area (Å²) in [6.07, 6.45) is -9.76. The number of hydrogen-bond donors (Lipinski definition) is 0. The van der Waals surface area contributed by atoms with E-state index in [1.807, 2.05) is 0 Å². The number of methoxy groups -OCH3 is 1. The molecule has 0 aromatic heterocycles. The van der Waals surface area contributed by atoms with Crippen molar-refractivity contribution in [2.24, 2.45) is 0 Å². The monoisotopic (exact) mass is 274 g/mol. The lowest BCUT2D eigenvalue weighted by atomic mass is 10.1. The smallest absolute Gasteiger partial charge is 0.416 e. The predicted molar refractivity (Wildman–Crippen MR) is 49.0 cm³/mol. The average molecular weight is 274 g/mol. The Morgan fingerprint density at radius 3 is 1.67 bits per heavy atom. The van der Waals surface area contributed by atoms with Crippen molar-refractivity contribution in [1.29, 1.82) is 0 Å². The minimum absolute atomic E-state index is 0.0274. The van der Waals surface area contributed by atoms with Crippen molar-refractivity contribution < 1.29 is 35.8 Å². The van der Waals surface area contributed by atoms with Crippen molar-refractivity contribution in [3.63, 3.8) is 0 Å². The molecule has 0 atom stereocenters. The summed E-state index contributed by atoms with van der Waals surface area (Å²) in [5.74, 6) is -0.556. The number of ether oxygens (including phenoxy) is 2. The van der Waals surface area contributed by atoms with E-state index in [0.29, 0.717) is 12.1 Å². The predicted octanol–water partition coefficient (Wildman–Crippen LogP) is 3.71. The Labute approximate surface area is 98.1 Å². The molecule has 0 saturated heterocycles. The molecule has 8 heteroatoms. The van der Waals surface area contributed by atoms with Gasteiger partial charge in [0.25, 0.3) is 0 Å². The lowest BCUT2D eigenvalue weighted by molar-refractivity contribution is -0.143. The van der Waals surface area contributed by atoms with Crippen molar-refractivity contribution >= 4 is 0 Å². The number of alkyl halides is 6. The Balaban J connectivity index is 3.21. The summed E-state index contributed by atoms with van der Waals surface area (Å²) in [7, 11) is 1.19. The van der Waals surface area contributed by atoms with Gasteiger partial charge in [-0.05, 0) is 18.2 Å². The first-order chi connectivity index (χ1) is 8.14. The maximum Gasteiger partial charge on any atom is 0.416 e. The van der Waals surface area contributed by atoms with Gasteiger partial charge in [-0.1, -0.05) is 0 Å². The van der Waals surface area contributed by atoms with Crippen LogP contribution in [0.1, 0.15) is 11.1 Å². The fourth-order valence-corrected chi connectivity index (χ4v) is 1.14. The van der Waals surface area contributed by atoms with E-state index in [9.17, 15) is 26.3 Å². The van der Waals surface area contributed by atoms with Crippen LogP contribution in [0.4, 0.5) is 26.3 Å². The van der Waals surface area contributed by atoms with E-state index < -0.39 is 36.0 Å². The largest absolute Gasteiger partial charge is 0.468 e. The van der Waals surface area contributed by atoms with Gasteiger partial charge >= 0.3 is 12.4 Å². The van der Waals surface area contributed by atoms with Crippen LogP contribution in [0.3, 0.4) is 0 Å². The van der Waals surface area contributed by atoms with Gasteiger partial charge in [0.15, 0.2) is 6.79 Å². The summed E-state index contributed by atoms with van der Waals surface area (Å²) in [6.45, 7) is -0.446. The highest BCUT2D eigenvalue weighted by Crippen LogP contribution is 2.38. The zero-order chi connectivity index (χ0) is 14.0. The fraction of sp³-hybridized carbons (Fsp3) is 0.400. The molecule has 2 nitrogen and oxygen atoms in total. The van der Waals surface area contributed by atoms with Gasteiger partial charge in [-0.2, -0.15) is 26.3 Å². The molecule has 0 aliphatic heterocycles. The summed E-state index contributed by atoms with van der Waals surface area (Å²) < 4.78 is 83.4. The van der Waals surface area contributed by atoms with Crippen LogP contribution in [-0.4, -0.2) is 13.9 Å². The summed E-state index contributed by atoms with van der Waals surface area (Å²) >= 11 is 0. The van der Waals surface area contributed by atoms with E-state index in [0.717, 1.165) is 0 Å². The fourth-order valence-electron chi connectivity index (χ4n) is 1.14. The lowest BCUT2D eigenvalue weighted by Crippen LogP contribution is -2.11. The summed E-state index contributed by atoms with van der Waals surface area (Å²) in [6, 6.07) is 0.988. The van der Waals surface area contributed by atoms with Crippen LogP contribution in [-0.2, 0) is 17.1 Å². The van der Waals surface area contributed by atoms with Crippen molar-refractivity contribution in [3.8, 4) is 5.75 Å². The quantitative estimate of drug-likeness (QED) is 0.618. The molecule has 0 aliphatic rings. The van der Waals surface area contributed by atoms with Gasteiger partial charge in [-0.3, -0.25) is 0 Å². The SMILES string of the molecule is COCOc1cc(C(F)(F)F)cc(C(F)(F)F)c1. The normalized spacial score (nSPS) is 12.6. The summed E-state index contributed by atoms with van der Waals surface area (Å²) in [5, 5.41) is 0. The van der Waals surface area contributed by atoms with E-state index >= 15 is 0 Å². The van der Waals surface area contributed by atoms with E-state index in [1.165, 1.54) is 7.11 Å². The van der Waals surface area contributed by atoms with Crippen molar-refractivity contribution in [2.75, 3.05) is 13.9 Å². The van der Waals surface area contributed by atoms with Crippen LogP contribution in [0.2, 0.25) is 0 Å². The van der Waals surface area contributed by atoms with Crippen molar-refractivity contribution in [1.82, 2.24) is 0 Å². The van der Waals surface area contributed by atoms with Gasteiger partial charge in [0.2, 0.25) is 0 Å². The Hall–Kier alpha value is -1.44. The molecule has 0 radical (unpaired) electrons. The van der Waals surface area contributed by atoms with Crippen LogP contribution in [0.25, 0.3) is 0 Å². The first kappa shape index (κ1) is 14.6. The molecule has 1 aromatic rings. The van der Waals surface area contributed by atoms with E-state index in [4.69, 9.17) is 0 Å². The summed E-state index contributed by atoms with van der Waals surface area (Å²) in [5.41, 5.74) is -2.85. The minimum atomic E-state index is -4.88. The van der Waals surface area contributed by atoms with Gasteiger partial charge < -0.3 is 9.47 Å². The first-order valence-corrected chi connectivity index (χ1v) is 4.56. The molecule has 0 amide bonds. The Morgan fingerprint density at radius 1 is 0.889 bits per heavy atom. The molecule has 0 saturated carbocycles. The minimum Gasteiger partial charge on any atom is -0.468 e. The van der Waals surface area contributed by atoms with Gasteiger partial charge in [-0.15, -0.1) is 0 Å². The molecule has 0 aliphatic carbocycles. The molecule has 102 valence electrons. The van der Waals surface area contributed by atoms with E-state index in [1.54, 1.807) is 0 Å². The zero-order valence-corrected chi connectivity index (χ0v) is 9.02. The highest BCUT2D eigenvalue weighted by Gasteiger charge is 2.37. The molecule has 1 rings (SSSR count). The molecule has 1 aromatic carbocycles. The van der Waals surface area contributed by atoms with Crippen LogP contribution in [0.15, 0.2) is 18.2 Å². The second-order valence-corrected chi connectivity index (χ2v) is 3.29. The number of benzene rings is 1. The molecule has 18 heavy (non-hydrogen) atoms. The third kappa shape index (κ3) is 3.80. The molecular formula is C10H8F6O2. The Bertz CT molecular complexity index is 378. The van der Waals surface area contributed by atoms with Crippen LogP contribution < -0.4 is 4.74 Å². The first-order valence-electron chi connectivity index (χ1n) is 4.56. The molecule has 0 bridgehead atoms. The zero-order valence-electron chi connectivity index (χ0n) is 9.02.